The molecule has 0 aliphatic carbocycles. The van der Waals surface area contributed by atoms with Gasteiger partial charge in [-0.2, -0.15) is 4.72 Å². The average molecular weight is 369 g/mol. The molecule has 0 unspecified atom stereocenters. The fourth-order valence-corrected chi connectivity index (χ4v) is 4.42. The number of likely N-dealkylation sites (tertiary alicyclic amines) is 2. The summed E-state index contributed by atoms with van der Waals surface area (Å²) in [6.07, 6.45) is 5.81. The second-order valence-corrected chi connectivity index (χ2v) is 8.20. The van der Waals surface area contributed by atoms with Crippen molar-refractivity contribution in [2.45, 2.75) is 36.8 Å². The third-order valence-corrected chi connectivity index (χ3v) is 5.93. The van der Waals surface area contributed by atoms with Crippen LogP contribution < -0.4 is 4.72 Å². The zero-order valence-corrected chi connectivity index (χ0v) is 15.0. The van der Waals surface area contributed by atoms with Crippen LogP contribution in [0, 0.1) is 0 Å². The molecule has 2 amide bonds. The lowest BCUT2D eigenvalue weighted by Gasteiger charge is -2.32. The summed E-state index contributed by atoms with van der Waals surface area (Å²) in [6.45, 7) is 1.95. The highest BCUT2D eigenvalue weighted by Crippen LogP contribution is 2.16. The summed E-state index contributed by atoms with van der Waals surface area (Å²) in [5.41, 5.74) is 0. The highest BCUT2D eigenvalue weighted by molar-refractivity contribution is 7.89. The number of aryl methyl sites for hydroxylation is 1. The molecule has 2 aliphatic rings. The van der Waals surface area contributed by atoms with E-state index in [0.717, 1.165) is 25.9 Å². The number of nitrogens with zero attached hydrogens (tertiary/aromatic N) is 4. The minimum atomic E-state index is -3.86. The highest BCUT2D eigenvalue weighted by atomic mass is 32.2. The molecule has 1 aromatic heterocycles. The normalized spacial score (nSPS) is 21.8. The molecular weight excluding hydrogens is 346 g/mol. The third-order valence-electron chi connectivity index (χ3n) is 4.57. The first-order chi connectivity index (χ1) is 11.9. The summed E-state index contributed by atoms with van der Waals surface area (Å²) in [4.78, 5) is 31.9. The topological polar surface area (TPSA) is 105 Å². The van der Waals surface area contributed by atoms with E-state index in [-0.39, 0.29) is 23.4 Å². The number of imidazole rings is 1. The SMILES string of the molecule is Cn1cnc(S(=O)(=O)N[C@H]2CCCN(CC(=O)N3CCCC3)C2=O)c1. The number of hydrogen-bond acceptors (Lipinski definition) is 5. The average Bonchev–Trinajstić information content (AvgIpc) is 3.22. The van der Waals surface area contributed by atoms with Crippen molar-refractivity contribution in [1.82, 2.24) is 24.1 Å². The van der Waals surface area contributed by atoms with Crippen molar-refractivity contribution in [3.05, 3.63) is 12.5 Å². The number of sulfonamides is 1. The number of carbonyl (C=O) groups excluding carboxylic acids is 2. The van der Waals surface area contributed by atoms with Crippen molar-refractivity contribution in [2.75, 3.05) is 26.2 Å². The van der Waals surface area contributed by atoms with Gasteiger partial charge in [-0.25, -0.2) is 13.4 Å². The standard InChI is InChI=1S/C15H23N5O4S/c1-18-9-13(16-11-18)25(23,24)17-12-5-4-8-20(15(12)22)10-14(21)19-6-2-3-7-19/h9,11-12,17H,2-8,10H2,1H3/t12-/m0/s1. The molecule has 2 aliphatic heterocycles. The lowest BCUT2D eigenvalue weighted by molar-refractivity contribution is -0.142. The van der Waals surface area contributed by atoms with Crippen LogP contribution in [0.15, 0.2) is 17.6 Å². The first-order valence-electron chi connectivity index (χ1n) is 8.44. The number of piperidine rings is 1. The molecule has 25 heavy (non-hydrogen) atoms. The first-order valence-corrected chi connectivity index (χ1v) is 9.92. The molecule has 0 spiro atoms. The maximum atomic E-state index is 12.6. The third kappa shape index (κ3) is 4.01. The Morgan fingerprint density at radius 3 is 2.64 bits per heavy atom. The number of rotatable bonds is 5. The molecule has 1 atom stereocenters. The van der Waals surface area contributed by atoms with Crippen molar-refractivity contribution < 1.29 is 18.0 Å². The molecule has 9 nitrogen and oxygen atoms in total. The van der Waals surface area contributed by atoms with Crippen LogP contribution in [0.25, 0.3) is 0 Å². The van der Waals surface area contributed by atoms with Crippen LogP contribution in [0.2, 0.25) is 0 Å². The predicted octanol–water partition coefficient (Wildman–Crippen LogP) is -0.688. The maximum Gasteiger partial charge on any atom is 0.260 e. The fourth-order valence-electron chi connectivity index (χ4n) is 3.21. The Morgan fingerprint density at radius 1 is 1.28 bits per heavy atom. The summed E-state index contributed by atoms with van der Waals surface area (Å²) in [6, 6.07) is -0.855. The number of amides is 2. The molecule has 3 rings (SSSR count). The van der Waals surface area contributed by atoms with E-state index in [9.17, 15) is 18.0 Å². The van der Waals surface area contributed by atoms with E-state index in [0.29, 0.717) is 19.4 Å². The van der Waals surface area contributed by atoms with E-state index in [4.69, 9.17) is 0 Å². The Labute approximate surface area is 147 Å². The fraction of sp³-hybridized carbons (Fsp3) is 0.667. The van der Waals surface area contributed by atoms with Crippen LogP contribution in [0.5, 0.6) is 0 Å². The van der Waals surface area contributed by atoms with Gasteiger partial charge in [0.15, 0.2) is 5.03 Å². The van der Waals surface area contributed by atoms with E-state index in [1.165, 1.54) is 22.0 Å². The van der Waals surface area contributed by atoms with Crippen LogP contribution in [-0.2, 0) is 26.7 Å². The van der Waals surface area contributed by atoms with Gasteiger partial charge in [-0.15, -0.1) is 0 Å². The number of aromatic nitrogens is 2. The van der Waals surface area contributed by atoms with Gasteiger partial charge in [0.2, 0.25) is 11.8 Å². The first kappa shape index (κ1) is 17.9. The Morgan fingerprint density at radius 2 is 2.00 bits per heavy atom. The zero-order chi connectivity index (χ0) is 18.0. The molecule has 3 heterocycles. The van der Waals surface area contributed by atoms with Gasteiger partial charge < -0.3 is 14.4 Å². The van der Waals surface area contributed by atoms with Crippen molar-refractivity contribution in [1.29, 1.82) is 0 Å². The van der Waals surface area contributed by atoms with Crippen LogP contribution in [0.1, 0.15) is 25.7 Å². The van der Waals surface area contributed by atoms with Crippen molar-refractivity contribution in [3.8, 4) is 0 Å². The van der Waals surface area contributed by atoms with Gasteiger partial charge in [-0.3, -0.25) is 9.59 Å². The molecule has 0 saturated carbocycles. The Balaban J connectivity index is 1.64. The molecule has 0 aromatic carbocycles. The molecule has 138 valence electrons. The van der Waals surface area contributed by atoms with Crippen LogP contribution in [0.3, 0.4) is 0 Å². The van der Waals surface area contributed by atoms with Gasteiger partial charge in [-0.1, -0.05) is 0 Å². The molecular formula is C15H23N5O4S. The Hall–Kier alpha value is -1.94. The summed E-state index contributed by atoms with van der Waals surface area (Å²) in [7, 11) is -2.19. The second-order valence-electron chi connectivity index (χ2n) is 6.54. The Bertz CT molecular complexity index is 754. The van der Waals surface area contributed by atoms with Gasteiger partial charge in [0.1, 0.15) is 6.04 Å². The largest absolute Gasteiger partial charge is 0.341 e. The zero-order valence-electron chi connectivity index (χ0n) is 14.2. The summed E-state index contributed by atoms with van der Waals surface area (Å²) >= 11 is 0. The van der Waals surface area contributed by atoms with Gasteiger partial charge in [0.25, 0.3) is 10.0 Å². The van der Waals surface area contributed by atoms with Crippen LogP contribution >= 0.6 is 0 Å². The summed E-state index contributed by atoms with van der Waals surface area (Å²) in [5.74, 6) is -0.419. The lowest BCUT2D eigenvalue weighted by atomic mass is 10.1. The Kier molecular flexibility index (Phi) is 5.09. The summed E-state index contributed by atoms with van der Waals surface area (Å²) < 4.78 is 28.7. The van der Waals surface area contributed by atoms with Crippen molar-refractivity contribution in [3.63, 3.8) is 0 Å². The lowest BCUT2D eigenvalue weighted by Crippen LogP contribution is -2.54. The minimum absolute atomic E-state index is 0.0145. The van der Waals surface area contributed by atoms with Gasteiger partial charge in [0, 0.05) is 32.9 Å². The molecule has 0 bridgehead atoms. The minimum Gasteiger partial charge on any atom is -0.341 e. The van der Waals surface area contributed by atoms with Gasteiger partial charge in [0.05, 0.1) is 12.9 Å². The molecule has 0 radical (unpaired) electrons. The van der Waals surface area contributed by atoms with E-state index in [2.05, 4.69) is 9.71 Å². The van der Waals surface area contributed by atoms with E-state index in [1.54, 1.807) is 11.9 Å². The highest BCUT2D eigenvalue weighted by Gasteiger charge is 2.34. The number of nitrogens with one attached hydrogen (secondary N) is 1. The van der Waals surface area contributed by atoms with Gasteiger partial charge in [-0.05, 0) is 25.7 Å². The predicted molar refractivity (Wildman–Crippen MR) is 88.9 cm³/mol. The van der Waals surface area contributed by atoms with Crippen LogP contribution in [0.4, 0.5) is 0 Å². The van der Waals surface area contributed by atoms with E-state index < -0.39 is 16.1 Å². The smallest absolute Gasteiger partial charge is 0.260 e. The molecule has 1 N–H and O–H groups in total. The van der Waals surface area contributed by atoms with Gasteiger partial charge >= 0.3 is 0 Å². The molecule has 10 heteroatoms. The second kappa shape index (κ2) is 7.12. The van der Waals surface area contributed by atoms with Crippen molar-refractivity contribution >= 4 is 21.8 Å². The molecule has 2 fully saturated rings. The van der Waals surface area contributed by atoms with Crippen LogP contribution in [-0.4, -0.2) is 71.8 Å². The molecule has 1 aromatic rings. The quantitative estimate of drug-likeness (QED) is 0.740. The summed E-state index contributed by atoms with van der Waals surface area (Å²) in [5, 5.41) is -0.118. The monoisotopic (exact) mass is 369 g/mol. The number of carbonyl (C=O) groups is 2. The van der Waals surface area contributed by atoms with E-state index >= 15 is 0 Å². The molecule has 2 saturated heterocycles. The van der Waals surface area contributed by atoms with Crippen molar-refractivity contribution in [2.24, 2.45) is 7.05 Å². The number of hydrogen-bond donors (Lipinski definition) is 1. The van der Waals surface area contributed by atoms with E-state index in [1.807, 2.05) is 0 Å². The maximum absolute atomic E-state index is 12.6.